The summed E-state index contributed by atoms with van der Waals surface area (Å²) in [6, 6.07) is 5.41. The summed E-state index contributed by atoms with van der Waals surface area (Å²) in [4.78, 5) is 4.26. The van der Waals surface area contributed by atoms with E-state index in [0.717, 1.165) is 12.8 Å². The predicted octanol–water partition coefficient (Wildman–Crippen LogP) is 2.71. The molecule has 1 aromatic rings. The molecule has 1 saturated carbocycles. The van der Waals surface area contributed by atoms with Crippen LogP contribution in [0.2, 0.25) is 0 Å². The van der Waals surface area contributed by atoms with Gasteiger partial charge in [0.2, 0.25) is 5.88 Å². The van der Waals surface area contributed by atoms with E-state index < -0.39 is 0 Å². The molecule has 0 amide bonds. The molecule has 0 aromatic carbocycles. The van der Waals surface area contributed by atoms with E-state index in [1.165, 1.54) is 19.3 Å². The number of nitrogens with one attached hydrogen (secondary N) is 1. The summed E-state index contributed by atoms with van der Waals surface area (Å²) in [6.45, 7) is 2.21. The van der Waals surface area contributed by atoms with Gasteiger partial charge in [0.15, 0.2) is 0 Å². The summed E-state index contributed by atoms with van der Waals surface area (Å²) in [5.41, 5.74) is 5.92. The molecule has 1 heterocycles. The molecule has 1 aliphatic carbocycles. The van der Waals surface area contributed by atoms with Gasteiger partial charge >= 0.3 is 0 Å². The van der Waals surface area contributed by atoms with E-state index in [1.807, 2.05) is 12.1 Å². The maximum atomic E-state index is 7.39. The number of ether oxygens (including phenoxy) is 1. The van der Waals surface area contributed by atoms with Gasteiger partial charge in [-0.1, -0.05) is 19.4 Å². The highest BCUT2D eigenvalue weighted by molar-refractivity contribution is 5.93. The largest absolute Gasteiger partial charge is 0.474 e. The second kappa shape index (κ2) is 5.85. The van der Waals surface area contributed by atoms with Crippen LogP contribution in [0.25, 0.3) is 0 Å². The Morgan fingerprint density at radius 3 is 2.94 bits per heavy atom. The Balaban J connectivity index is 2.07. The summed E-state index contributed by atoms with van der Waals surface area (Å²) < 4.78 is 5.99. The number of pyridine rings is 1. The van der Waals surface area contributed by atoms with Gasteiger partial charge in [-0.15, -0.1) is 0 Å². The summed E-state index contributed by atoms with van der Waals surface area (Å²) in [6.07, 6.45) is 6.29. The van der Waals surface area contributed by atoms with Crippen molar-refractivity contribution in [3.8, 4) is 5.88 Å². The van der Waals surface area contributed by atoms with E-state index >= 15 is 0 Å². The molecule has 2 rings (SSSR count). The highest BCUT2D eigenvalue weighted by atomic mass is 16.5. The van der Waals surface area contributed by atoms with E-state index in [1.54, 1.807) is 6.07 Å². The number of nitrogens with zero attached hydrogens (tertiary/aromatic N) is 1. The molecule has 2 atom stereocenters. The molecule has 1 fully saturated rings. The molecule has 0 radical (unpaired) electrons. The molecule has 0 spiro atoms. The summed E-state index contributed by atoms with van der Waals surface area (Å²) in [5.74, 6) is 1.20. The van der Waals surface area contributed by atoms with Gasteiger partial charge < -0.3 is 10.5 Å². The van der Waals surface area contributed by atoms with Gasteiger partial charge in [-0.25, -0.2) is 4.98 Å². The van der Waals surface area contributed by atoms with Crippen LogP contribution in [-0.2, 0) is 0 Å². The van der Waals surface area contributed by atoms with Crippen molar-refractivity contribution in [1.82, 2.24) is 4.98 Å². The Labute approximate surface area is 108 Å². The van der Waals surface area contributed by atoms with Crippen molar-refractivity contribution in [3.05, 3.63) is 23.9 Å². The van der Waals surface area contributed by atoms with Crippen molar-refractivity contribution in [3.63, 3.8) is 0 Å². The standard InChI is InChI=1S/C14H21N3O/c1-2-10-6-3-4-8-12(10)18-13-9-5-7-11(17-13)14(15)16/h5,7,9-10,12H,2-4,6,8H2,1H3,(H3,15,16). The minimum Gasteiger partial charge on any atom is -0.474 e. The first kappa shape index (κ1) is 12.9. The Morgan fingerprint density at radius 1 is 1.44 bits per heavy atom. The van der Waals surface area contributed by atoms with Gasteiger partial charge in [-0.3, -0.25) is 5.41 Å². The highest BCUT2D eigenvalue weighted by Gasteiger charge is 2.25. The minimum absolute atomic E-state index is 0.0175. The topological polar surface area (TPSA) is 72.0 Å². The van der Waals surface area contributed by atoms with Crippen molar-refractivity contribution >= 4 is 5.84 Å². The van der Waals surface area contributed by atoms with E-state index in [9.17, 15) is 0 Å². The molecule has 4 nitrogen and oxygen atoms in total. The monoisotopic (exact) mass is 247 g/mol. The maximum Gasteiger partial charge on any atom is 0.214 e. The zero-order chi connectivity index (χ0) is 13.0. The van der Waals surface area contributed by atoms with Gasteiger partial charge in [0, 0.05) is 6.07 Å². The Kier molecular flexibility index (Phi) is 4.18. The zero-order valence-corrected chi connectivity index (χ0v) is 10.9. The van der Waals surface area contributed by atoms with Gasteiger partial charge in [-0.05, 0) is 37.7 Å². The lowest BCUT2D eigenvalue weighted by Gasteiger charge is -2.30. The number of aromatic nitrogens is 1. The van der Waals surface area contributed by atoms with Crippen molar-refractivity contribution < 1.29 is 4.74 Å². The van der Waals surface area contributed by atoms with Gasteiger partial charge in [0.1, 0.15) is 17.6 Å². The molecule has 4 heteroatoms. The summed E-state index contributed by atoms with van der Waals surface area (Å²) >= 11 is 0. The number of rotatable bonds is 4. The third-order valence-corrected chi connectivity index (χ3v) is 3.64. The average molecular weight is 247 g/mol. The second-order valence-electron chi connectivity index (χ2n) is 4.88. The summed E-state index contributed by atoms with van der Waals surface area (Å²) in [5, 5.41) is 7.39. The first-order valence-corrected chi connectivity index (χ1v) is 6.68. The van der Waals surface area contributed by atoms with Crippen molar-refractivity contribution in [2.45, 2.75) is 45.1 Å². The lowest BCUT2D eigenvalue weighted by atomic mass is 9.85. The van der Waals surface area contributed by atoms with E-state index in [-0.39, 0.29) is 11.9 Å². The van der Waals surface area contributed by atoms with Crippen molar-refractivity contribution in [2.24, 2.45) is 11.7 Å². The van der Waals surface area contributed by atoms with Gasteiger partial charge in [0.25, 0.3) is 0 Å². The molecule has 2 unspecified atom stereocenters. The van der Waals surface area contributed by atoms with Crippen LogP contribution in [0.4, 0.5) is 0 Å². The Hall–Kier alpha value is -1.58. The minimum atomic E-state index is -0.0175. The first-order chi connectivity index (χ1) is 8.70. The number of hydrogen-bond acceptors (Lipinski definition) is 3. The molecular weight excluding hydrogens is 226 g/mol. The highest BCUT2D eigenvalue weighted by Crippen LogP contribution is 2.29. The van der Waals surface area contributed by atoms with Crippen LogP contribution in [0.1, 0.15) is 44.7 Å². The second-order valence-corrected chi connectivity index (χ2v) is 4.88. The predicted molar refractivity (Wildman–Crippen MR) is 71.9 cm³/mol. The van der Waals surface area contributed by atoms with Crippen LogP contribution in [0.3, 0.4) is 0 Å². The molecule has 0 bridgehead atoms. The van der Waals surface area contributed by atoms with Gasteiger partial charge in [0.05, 0.1) is 0 Å². The molecule has 98 valence electrons. The fourth-order valence-electron chi connectivity index (χ4n) is 2.58. The number of hydrogen-bond donors (Lipinski definition) is 2. The van der Waals surface area contributed by atoms with E-state index in [4.69, 9.17) is 15.9 Å². The van der Waals surface area contributed by atoms with Crippen LogP contribution >= 0.6 is 0 Å². The lowest BCUT2D eigenvalue weighted by molar-refractivity contribution is 0.0858. The molecule has 1 aromatic heterocycles. The molecule has 0 saturated heterocycles. The molecule has 3 N–H and O–H groups in total. The van der Waals surface area contributed by atoms with Crippen molar-refractivity contribution in [2.75, 3.05) is 0 Å². The Bertz CT molecular complexity index is 419. The van der Waals surface area contributed by atoms with Gasteiger partial charge in [-0.2, -0.15) is 0 Å². The third kappa shape index (κ3) is 3.00. The zero-order valence-electron chi connectivity index (χ0n) is 10.9. The fourth-order valence-corrected chi connectivity index (χ4v) is 2.58. The summed E-state index contributed by atoms with van der Waals surface area (Å²) in [7, 11) is 0. The fraction of sp³-hybridized carbons (Fsp3) is 0.571. The van der Waals surface area contributed by atoms with Crippen LogP contribution in [0.5, 0.6) is 5.88 Å². The molecule has 0 aliphatic heterocycles. The number of nitrogen functional groups attached to an aromatic ring is 1. The van der Waals surface area contributed by atoms with E-state index in [2.05, 4.69) is 11.9 Å². The smallest absolute Gasteiger partial charge is 0.214 e. The van der Waals surface area contributed by atoms with E-state index in [0.29, 0.717) is 17.5 Å². The SMILES string of the molecule is CCC1CCCCC1Oc1cccc(C(=N)N)n1. The average Bonchev–Trinajstić information content (AvgIpc) is 2.39. The maximum absolute atomic E-state index is 7.39. The van der Waals surface area contributed by atoms with Crippen molar-refractivity contribution in [1.29, 1.82) is 5.41 Å². The lowest BCUT2D eigenvalue weighted by Crippen LogP contribution is -2.30. The van der Waals surface area contributed by atoms with Crippen LogP contribution < -0.4 is 10.5 Å². The van der Waals surface area contributed by atoms with Crippen LogP contribution in [0.15, 0.2) is 18.2 Å². The quantitative estimate of drug-likeness (QED) is 0.634. The number of amidine groups is 1. The Morgan fingerprint density at radius 2 is 2.22 bits per heavy atom. The number of nitrogens with two attached hydrogens (primary N) is 1. The normalized spacial score (nSPS) is 23.6. The molecular formula is C14H21N3O. The molecule has 1 aliphatic rings. The third-order valence-electron chi connectivity index (χ3n) is 3.64. The van der Waals surface area contributed by atoms with Crippen LogP contribution in [0, 0.1) is 11.3 Å². The molecule has 18 heavy (non-hydrogen) atoms. The van der Waals surface area contributed by atoms with Crippen LogP contribution in [-0.4, -0.2) is 16.9 Å². The first-order valence-electron chi connectivity index (χ1n) is 6.68.